The van der Waals surface area contributed by atoms with Crippen molar-refractivity contribution in [3.05, 3.63) is 58.5 Å². The number of amides is 1. The number of nitrogens with one attached hydrogen (secondary N) is 3. The second-order valence-corrected chi connectivity index (χ2v) is 5.14. The molecule has 0 saturated carbocycles. The normalized spacial score (nSPS) is 11.2. The largest absolute Gasteiger partial charge is 0.361 e. The van der Waals surface area contributed by atoms with Gasteiger partial charge < -0.3 is 9.97 Å². The lowest BCUT2D eigenvalue weighted by molar-refractivity contribution is 0.0951. The third kappa shape index (κ3) is 2.50. The van der Waals surface area contributed by atoms with E-state index in [1.807, 2.05) is 30.5 Å². The number of carbonyl (C=O) groups excluding carboxylic acids is 1. The Balaban J connectivity index is 1.73. The van der Waals surface area contributed by atoms with Crippen molar-refractivity contribution in [2.75, 3.05) is 0 Å². The van der Waals surface area contributed by atoms with Crippen molar-refractivity contribution in [2.24, 2.45) is 5.10 Å². The molecule has 5 nitrogen and oxygen atoms in total. The molecule has 0 atom stereocenters. The Bertz CT molecular complexity index is 787. The minimum Gasteiger partial charge on any atom is -0.361 e. The predicted molar refractivity (Wildman–Crippen MR) is 81.9 cm³/mol. The molecule has 1 amide bonds. The van der Waals surface area contributed by atoms with E-state index in [1.54, 1.807) is 18.5 Å². The van der Waals surface area contributed by atoms with Crippen LogP contribution < -0.4 is 5.43 Å². The molecule has 0 spiro atoms. The molecule has 0 fully saturated rings. The van der Waals surface area contributed by atoms with Crippen LogP contribution in [0, 0.1) is 0 Å². The fourth-order valence-electron chi connectivity index (χ4n) is 1.92. The number of aromatic nitrogens is 2. The molecule has 1 aromatic carbocycles. The van der Waals surface area contributed by atoms with Gasteiger partial charge in [-0.3, -0.25) is 4.79 Å². The number of fused-ring (bicyclic) bond motifs is 1. The van der Waals surface area contributed by atoms with Gasteiger partial charge in [0, 0.05) is 33.3 Å². The quantitative estimate of drug-likeness (QED) is 0.501. The SMILES string of the molecule is O=C(N/N=C/c1c[nH]c2ccccc12)c1cc(Br)c[nH]1. The van der Waals surface area contributed by atoms with E-state index in [4.69, 9.17) is 0 Å². The molecule has 0 radical (unpaired) electrons. The number of hydrogen-bond acceptors (Lipinski definition) is 2. The van der Waals surface area contributed by atoms with Gasteiger partial charge in [0.1, 0.15) is 5.69 Å². The first-order chi connectivity index (χ1) is 9.74. The summed E-state index contributed by atoms with van der Waals surface area (Å²) >= 11 is 3.27. The molecule has 0 saturated heterocycles. The highest BCUT2D eigenvalue weighted by Crippen LogP contribution is 2.15. The number of hydrogen-bond donors (Lipinski definition) is 3. The van der Waals surface area contributed by atoms with Gasteiger partial charge in [-0.05, 0) is 28.1 Å². The topological polar surface area (TPSA) is 73.0 Å². The number of rotatable bonds is 3. The number of H-pyrrole nitrogens is 2. The number of benzene rings is 1. The number of aromatic amines is 2. The first-order valence-electron chi connectivity index (χ1n) is 5.97. The van der Waals surface area contributed by atoms with E-state index in [1.165, 1.54) is 0 Å². The van der Waals surface area contributed by atoms with Crippen molar-refractivity contribution in [2.45, 2.75) is 0 Å². The van der Waals surface area contributed by atoms with Crippen LogP contribution in [0.2, 0.25) is 0 Å². The second-order valence-electron chi connectivity index (χ2n) is 4.22. The summed E-state index contributed by atoms with van der Waals surface area (Å²) in [6.07, 6.45) is 5.17. The van der Waals surface area contributed by atoms with Gasteiger partial charge in [-0.15, -0.1) is 0 Å². The number of carbonyl (C=O) groups is 1. The molecule has 2 aromatic heterocycles. The number of nitrogens with zero attached hydrogens (tertiary/aromatic N) is 1. The van der Waals surface area contributed by atoms with E-state index < -0.39 is 0 Å². The zero-order valence-electron chi connectivity index (χ0n) is 10.4. The standard InChI is InChI=1S/C14H11BrN4O/c15-10-5-13(17-8-10)14(20)19-18-7-9-6-16-12-4-2-1-3-11(9)12/h1-8,16-17H,(H,19,20)/b18-7+. The van der Waals surface area contributed by atoms with Gasteiger partial charge in [0.2, 0.25) is 0 Å². The molecule has 0 unspecified atom stereocenters. The van der Waals surface area contributed by atoms with Crippen molar-refractivity contribution in [3.63, 3.8) is 0 Å². The maximum absolute atomic E-state index is 11.8. The molecule has 3 rings (SSSR count). The first kappa shape index (κ1) is 12.7. The van der Waals surface area contributed by atoms with Gasteiger partial charge in [-0.1, -0.05) is 18.2 Å². The third-order valence-corrected chi connectivity index (χ3v) is 3.34. The fourth-order valence-corrected chi connectivity index (χ4v) is 2.26. The highest BCUT2D eigenvalue weighted by molar-refractivity contribution is 9.10. The summed E-state index contributed by atoms with van der Waals surface area (Å²) in [6.45, 7) is 0. The molecule has 0 aliphatic heterocycles. The summed E-state index contributed by atoms with van der Waals surface area (Å²) in [6, 6.07) is 9.60. The summed E-state index contributed by atoms with van der Waals surface area (Å²) in [7, 11) is 0. The van der Waals surface area contributed by atoms with Crippen LogP contribution in [0.3, 0.4) is 0 Å². The number of para-hydroxylation sites is 1. The van der Waals surface area contributed by atoms with Gasteiger partial charge in [0.25, 0.3) is 5.91 Å². The average molecular weight is 331 g/mol. The maximum atomic E-state index is 11.8. The summed E-state index contributed by atoms with van der Waals surface area (Å²) in [5, 5.41) is 5.03. The van der Waals surface area contributed by atoms with Gasteiger partial charge in [0.05, 0.1) is 6.21 Å². The van der Waals surface area contributed by atoms with Crippen LogP contribution in [-0.2, 0) is 0 Å². The Morgan fingerprint density at radius 2 is 2.10 bits per heavy atom. The van der Waals surface area contributed by atoms with Gasteiger partial charge in [0.15, 0.2) is 0 Å². The van der Waals surface area contributed by atoms with E-state index in [-0.39, 0.29) is 5.91 Å². The van der Waals surface area contributed by atoms with Crippen molar-refractivity contribution in [1.29, 1.82) is 0 Å². The highest BCUT2D eigenvalue weighted by Gasteiger charge is 2.06. The highest BCUT2D eigenvalue weighted by atomic mass is 79.9. The zero-order valence-corrected chi connectivity index (χ0v) is 11.9. The Morgan fingerprint density at radius 1 is 1.25 bits per heavy atom. The van der Waals surface area contributed by atoms with Gasteiger partial charge in [-0.2, -0.15) is 5.10 Å². The lowest BCUT2D eigenvalue weighted by Gasteiger charge is -1.95. The summed E-state index contributed by atoms with van der Waals surface area (Å²) < 4.78 is 0.822. The molecule has 0 bridgehead atoms. The molecule has 0 aliphatic rings. The minimum atomic E-state index is -0.285. The van der Waals surface area contributed by atoms with E-state index in [0.717, 1.165) is 20.9 Å². The molecule has 6 heteroatoms. The van der Waals surface area contributed by atoms with Crippen molar-refractivity contribution in [1.82, 2.24) is 15.4 Å². The molecule has 3 N–H and O–H groups in total. The Morgan fingerprint density at radius 3 is 2.90 bits per heavy atom. The molecular weight excluding hydrogens is 320 g/mol. The Kier molecular flexibility index (Phi) is 3.39. The summed E-state index contributed by atoms with van der Waals surface area (Å²) in [5.41, 5.74) is 4.89. The lowest BCUT2D eigenvalue weighted by atomic mass is 10.2. The monoisotopic (exact) mass is 330 g/mol. The van der Waals surface area contributed by atoms with Crippen LogP contribution in [0.1, 0.15) is 16.1 Å². The molecule has 2 heterocycles. The zero-order chi connectivity index (χ0) is 13.9. The smallest absolute Gasteiger partial charge is 0.287 e. The van der Waals surface area contributed by atoms with Crippen LogP contribution in [0.15, 0.2) is 52.3 Å². The molecule has 20 heavy (non-hydrogen) atoms. The summed E-state index contributed by atoms with van der Waals surface area (Å²) in [4.78, 5) is 17.7. The van der Waals surface area contributed by atoms with Crippen molar-refractivity contribution >= 4 is 39.0 Å². The van der Waals surface area contributed by atoms with Crippen LogP contribution >= 0.6 is 15.9 Å². The minimum absolute atomic E-state index is 0.285. The lowest BCUT2D eigenvalue weighted by Crippen LogP contribution is -2.17. The molecule has 100 valence electrons. The van der Waals surface area contributed by atoms with E-state index in [2.05, 4.69) is 36.4 Å². The molecule has 3 aromatic rings. The fraction of sp³-hybridized carbons (Fsp3) is 0. The van der Waals surface area contributed by atoms with Crippen molar-refractivity contribution in [3.8, 4) is 0 Å². The van der Waals surface area contributed by atoms with Gasteiger partial charge in [-0.25, -0.2) is 5.43 Å². The number of hydrazone groups is 1. The summed E-state index contributed by atoms with van der Waals surface area (Å²) in [5.74, 6) is -0.285. The van der Waals surface area contributed by atoms with Crippen LogP contribution in [-0.4, -0.2) is 22.1 Å². The average Bonchev–Trinajstić information content (AvgIpc) is 3.06. The van der Waals surface area contributed by atoms with Crippen LogP contribution in [0.25, 0.3) is 10.9 Å². The van der Waals surface area contributed by atoms with E-state index in [0.29, 0.717) is 5.69 Å². The van der Waals surface area contributed by atoms with Gasteiger partial charge >= 0.3 is 0 Å². The Labute approximate surface area is 123 Å². The maximum Gasteiger partial charge on any atom is 0.287 e. The predicted octanol–water partition coefficient (Wildman–Crippen LogP) is 3.02. The Hall–Kier alpha value is -2.34. The molecular formula is C14H11BrN4O. The number of halogens is 1. The first-order valence-corrected chi connectivity index (χ1v) is 6.77. The van der Waals surface area contributed by atoms with E-state index in [9.17, 15) is 4.79 Å². The van der Waals surface area contributed by atoms with Crippen LogP contribution in [0.4, 0.5) is 0 Å². The van der Waals surface area contributed by atoms with Crippen LogP contribution in [0.5, 0.6) is 0 Å². The van der Waals surface area contributed by atoms with E-state index >= 15 is 0 Å². The molecule has 0 aliphatic carbocycles. The second kappa shape index (κ2) is 5.34. The third-order valence-electron chi connectivity index (χ3n) is 2.88. The van der Waals surface area contributed by atoms with Crippen molar-refractivity contribution < 1.29 is 4.79 Å².